The molecule has 1 aliphatic carbocycles. The van der Waals surface area contributed by atoms with E-state index < -0.39 is 0 Å². The molecule has 0 aromatic carbocycles. The number of piperazine rings is 1. The van der Waals surface area contributed by atoms with Gasteiger partial charge in [-0.2, -0.15) is 0 Å². The van der Waals surface area contributed by atoms with Crippen LogP contribution in [0.4, 0.5) is 0 Å². The third kappa shape index (κ3) is 2.71. The number of allylic oxidation sites excluding steroid dienone is 1. The van der Waals surface area contributed by atoms with Crippen molar-refractivity contribution in [3.8, 4) is 0 Å². The van der Waals surface area contributed by atoms with Crippen molar-refractivity contribution in [2.45, 2.75) is 39.2 Å². The Morgan fingerprint density at radius 2 is 2.18 bits per heavy atom. The van der Waals surface area contributed by atoms with Crippen molar-refractivity contribution in [1.82, 2.24) is 9.80 Å². The number of nitrogens with zero attached hydrogens (tertiary/aromatic N) is 2. The summed E-state index contributed by atoms with van der Waals surface area (Å²) in [6.07, 6.45) is 5.36. The van der Waals surface area contributed by atoms with Gasteiger partial charge in [-0.05, 0) is 32.2 Å². The molecule has 17 heavy (non-hydrogen) atoms. The van der Waals surface area contributed by atoms with Crippen molar-refractivity contribution in [1.29, 1.82) is 0 Å². The zero-order valence-electron chi connectivity index (χ0n) is 11.3. The van der Waals surface area contributed by atoms with Crippen LogP contribution in [0.1, 0.15) is 33.1 Å². The fourth-order valence-electron chi connectivity index (χ4n) is 2.83. The maximum atomic E-state index is 12.5. The first-order valence-corrected chi connectivity index (χ1v) is 6.78. The standard InChI is InChI=1S/C14H24N2O/c1-11(2)13-10-15(3)8-9-16(13)14(17)12-6-4-5-7-12/h6,11,13H,4-5,7-10H2,1-3H3. The lowest BCUT2D eigenvalue weighted by atomic mass is 9.98. The molecule has 0 aromatic rings. The van der Waals surface area contributed by atoms with Gasteiger partial charge in [-0.25, -0.2) is 0 Å². The summed E-state index contributed by atoms with van der Waals surface area (Å²) in [4.78, 5) is 16.9. The average molecular weight is 236 g/mol. The van der Waals surface area contributed by atoms with Crippen molar-refractivity contribution >= 4 is 5.91 Å². The monoisotopic (exact) mass is 236 g/mol. The van der Waals surface area contributed by atoms with E-state index in [4.69, 9.17) is 0 Å². The van der Waals surface area contributed by atoms with E-state index >= 15 is 0 Å². The number of hydrogen-bond acceptors (Lipinski definition) is 2. The van der Waals surface area contributed by atoms with Gasteiger partial charge in [0.05, 0.1) is 0 Å². The molecule has 1 heterocycles. The number of carbonyl (C=O) groups excluding carboxylic acids is 1. The molecule has 0 spiro atoms. The lowest BCUT2D eigenvalue weighted by molar-refractivity contribution is -0.133. The molecule has 0 aromatic heterocycles. The second-order valence-electron chi connectivity index (χ2n) is 5.69. The summed E-state index contributed by atoms with van der Waals surface area (Å²) in [7, 11) is 2.14. The Bertz CT molecular complexity index is 322. The number of likely N-dealkylation sites (N-methyl/N-ethyl adjacent to an activating group) is 1. The molecule has 2 rings (SSSR count). The van der Waals surface area contributed by atoms with Crippen LogP contribution in [-0.2, 0) is 4.79 Å². The number of carbonyl (C=O) groups is 1. The molecule has 96 valence electrons. The van der Waals surface area contributed by atoms with Crippen molar-refractivity contribution in [2.75, 3.05) is 26.7 Å². The Labute approximate surface area is 104 Å². The van der Waals surface area contributed by atoms with Gasteiger partial charge in [-0.1, -0.05) is 19.9 Å². The number of amides is 1. The summed E-state index contributed by atoms with van der Waals surface area (Å²) in [5, 5.41) is 0. The fraction of sp³-hybridized carbons (Fsp3) is 0.786. The molecule has 0 saturated carbocycles. The average Bonchev–Trinajstić information content (AvgIpc) is 2.81. The molecular formula is C14H24N2O. The number of hydrogen-bond donors (Lipinski definition) is 0. The van der Waals surface area contributed by atoms with Crippen LogP contribution in [0.2, 0.25) is 0 Å². The maximum Gasteiger partial charge on any atom is 0.249 e. The molecule has 2 aliphatic rings. The molecular weight excluding hydrogens is 212 g/mol. The maximum absolute atomic E-state index is 12.5. The molecule has 1 amide bonds. The van der Waals surface area contributed by atoms with Crippen molar-refractivity contribution < 1.29 is 4.79 Å². The van der Waals surface area contributed by atoms with E-state index in [0.717, 1.165) is 44.5 Å². The fourth-order valence-corrected chi connectivity index (χ4v) is 2.83. The summed E-state index contributed by atoms with van der Waals surface area (Å²) in [5.74, 6) is 0.831. The largest absolute Gasteiger partial charge is 0.333 e. The predicted molar refractivity (Wildman–Crippen MR) is 69.8 cm³/mol. The van der Waals surface area contributed by atoms with Crippen LogP contribution in [0.5, 0.6) is 0 Å². The van der Waals surface area contributed by atoms with Gasteiger partial charge >= 0.3 is 0 Å². The highest BCUT2D eigenvalue weighted by Gasteiger charge is 2.32. The predicted octanol–water partition coefficient (Wildman–Crippen LogP) is 1.90. The van der Waals surface area contributed by atoms with Crippen molar-refractivity contribution in [3.63, 3.8) is 0 Å². The minimum absolute atomic E-state index is 0.300. The van der Waals surface area contributed by atoms with E-state index in [1.807, 2.05) is 0 Å². The van der Waals surface area contributed by atoms with E-state index in [2.05, 4.69) is 36.8 Å². The minimum Gasteiger partial charge on any atom is -0.333 e. The lowest BCUT2D eigenvalue weighted by Gasteiger charge is -2.42. The van der Waals surface area contributed by atoms with Crippen LogP contribution in [0.15, 0.2) is 11.6 Å². The first-order valence-electron chi connectivity index (χ1n) is 6.78. The summed E-state index contributed by atoms with van der Waals surface area (Å²) in [5.41, 5.74) is 1.06. The highest BCUT2D eigenvalue weighted by molar-refractivity contribution is 5.94. The molecule has 1 saturated heterocycles. The quantitative estimate of drug-likeness (QED) is 0.731. The summed E-state index contributed by atoms with van der Waals surface area (Å²) in [6.45, 7) is 7.33. The van der Waals surface area contributed by atoms with Crippen molar-refractivity contribution in [3.05, 3.63) is 11.6 Å². The van der Waals surface area contributed by atoms with E-state index in [1.165, 1.54) is 0 Å². The van der Waals surface area contributed by atoms with E-state index in [0.29, 0.717) is 17.9 Å². The normalized spacial score (nSPS) is 26.5. The molecule has 0 bridgehead atoms. The van der Waals surface area contributed by atoms with E-state index in [-0.39, 0.29) is 0 Å². The van der Waals surface area contributed by atoms with Gasteiger partial charge in [0.15, 0.2) is 0 Å². The Kier molecular flexibility index (Phi) is 3.87. The molecule has 3 heteroatoms. The highest BCUT2D eigenvalue weighted by atomic mass is 16.2. The van der Waals surface area contributed by atoms with Crippen LogP contribution in [0, 0.1) is 5.92 Å². The molecule has 1 unspecified atom stereocenters. The molecule has 1 fully saturated rings. The highest BCUT2D eigenvalue weighted by Crippen LogP contribution is 2.24. The second kappa shape index (κ2) is 5.21. The first kappa shape index (κ1) is 12.6. The van der Waals surface area contributed by atoms with Crippen molar-refractivity contribution in [2.24, 2.45) is 5.92 Å². The SMILES string of the molecule is CC(C)C1CN(C)CCN1C(=O)C1=CCCC1. The van der Waals surface area contributed by atoms with Crippen LogP contribution in [0.25, 0.3) is 0 Å². The van der Waals surface area contributed by atoms with Crippen LogP contribution in [0.3, 0.4) is 0 Å². The van der Waals surface area contributed by atoms with Crippen LogP contribution in [-0.4, -0.2) is 48.4 Å². The summed E-state index contributed by atoms with van der Waals surface area (Å²) in [6, 6.07) is 0.378. The number of rotatable bonds is 2. The Morgan fingerprint density at radius 1 is 1.41 bits per heavy atom. The van der Waals surface area contributed by atoms with Gasteiger partial charge < -0.3 is 9.80 Å². The zero-order chi connectivity index (χ0) is 12.4. The minimum atomic E-state index is 0.300. The third-order valence-electron chi connectivity index (χ3n) is 3.97. The van der Waals surface area contributed by atoms with Gasteiger partial charge in [0.1, 0.15) is 0 Å². The molecule has 0 N–H and O–H groups in total. The van der Waals surface area contributed by atoms with E-state index in [9.17, 15) is 4.79 Å². The van der Waals surface area contributed by atoms with Gasteiger partial charge in [0.25, 0.3) is 0 Å². The topological polar surface area (TPSA) is 23.6 Å². The summed E-state index contributed by atoms with van der Waals surface area (Å²) >= 11 is 0. The van der Waals surface area contributed by atoms with Crippen LogP contribution < -0.4 is 0 Å². The van der Waals surface area contributed by atoms with Gasteiger partial charge in [-0.15, -0.1) is 0 Å². The van der Waals surface area contributed by atoms with Gasteiger partial charge in [0.2, 0.25) is 5.91 Å². The molecule has 3 nitrogen and oxygen atoms in total. The zero-order valence-corrected chi connectivity index (χ0v) is 11.3. The molecule has 1 aliphatic heterocycles. The second-order valence-corrected chi connectivity index (χ2v) is 5.69. The Hall–Kier alpha value is -0.830. The Morgan fingerprint density at radius 3 is 2.76 bits per heavy atom. The molecule has 1 atom stereocenters. The summed E-state index contributed by atoms with van der Waals surface area (Å²) < 4.78 is 0. The van der Waals surface area contributed by atoms with Gasteiger partial charge in [-0.3, -0.25) is 4.79 Å². The smallest absolute Gasteiger partial charge is 0.249 e. The van der Waals surface area contributed by atoms with Gasteiger partial charge in [0, 0.05) is 31.2 Å². The Balaban J connectivity index is 2.09. The van der Waals surface area contributed by atoms with E-state index in [1.54, 1.807) is 0 Å². The lowest BCUT2D eigenvalue weighted by Crippen LogP contribution is -2.56. The first-order chi connectivity index (χ1) is 8.09. The van der Waals surface area contributed by atoms with Crippen LogP contribution >= 0.6 is 0 Å². The third-order valence-corrected chi connectivity index (χ3v) is 3.97. The molecule has 0 radical (unpaired) electrons.